The molecule has 1 amide bonds. The maximum atomic E-state index is 12.1. The van der Waals surface area contributed by atoms with Crippen LogP contribution in [0.2, 0.25) is 0 Å². The van der Waals surface area contributed by atoms with Crippen LogP contribution in [-0.4, -0.2) is 27.4 Å². The fraction of sp³-hybridized carbons (Fsp3) is 0.389. The summed E-state index contributed by atoms with van der Waals surface area (Å²) in [6, 6.07) is 7.44. The lowest BCUT2D eigenvalue weighted by molar-refractivity contribution is -0.113. The molecule has 0 aliphatic carbocycles. The third-order valence-corrected chi connectivity index (χ3v) is 5.29. The maximum Gasteiger partial charge on any atom is 0.251 e. The Hall–Kier alpha value is -1.73. The number of hydrogen-bond donors (Lipinski definition) is 2. The lowest BCUT2D eigenvalue weighted by Crippen LogP contribution is -2.16. The van der Waals surface area contributed by atoms with Gasteiger partial charge >= 0.3 is 0 Å². The van der Waals surface area contributed by atoms with E-state index in [0.717, 1.165) is 34.7 Å². The van der Waals surface area contributed by atoms with Gasteiger partial charge in [0.1, 0.15) is 0 Å². The largest absolute Gasteiger partial charge is 0.325 e. The molecule has 0 fully saturated rings. The van der Waals surface area contributed by atoms with Gasteiger partial charge in [-0.1, -0.05) is 24.8 Å². The zero-order valence-corrected chi connectivity index (χ0v) is 16.4. The lowest BCUT2D eigenvalue weighted by atomic mass is 10.1. The summed E-state index contributed by atoms with van der Waals surface area (Å²) in [5.41, 5.74) is 3.56. The minimum Gasteiger partial charge on any atom is -0.325 e. The van der Waals surface area contributed by atoms with Crippen molar-refractivity contribution in [3.8, 4) is 0 Å². The van der Waals surface area contributed by atoms with E-state index in [-0.39, 0.29) is 17.2 Å². The van der Waals surface area contributed by atoms with E-state index in [0.29, 0.717) is 10.9 Å². The molecule has 0 unspecified atom stereocenters. The molecule has 0 saturated carbocycles. The SMILES string of the molecule is CCCSCc1cc(=O)[nH]c(SCC(=O)Nc2cc(C)cc(C)c2)n1. The first-order valence-electron chi connectivity index (χ1n) is 8.15. The van der Waals surface area contributed by atoms with Crippen LogP contribution < -0.4 is 10.9 Å². The third-order valence-electron chi connectivity index (χ3n) is 3.22. The molecule has 2 aromatic rings. The van der Waals surface area contributed by atoms with Crippen LogP contribution >= 0.6 is 23.5 Å². The summed E-state index contributed by atoms with van der Waals surface area (Å²) in [7, 11) is 0. The molecule has 0 radical (unpaired) electrons. The second-order valence-corrected chi connectivity index (χ2v) is 7.88. The van der Waals surface area contributed by atoms with Crippen LogP contribution in [0.1, 0.15) is 30.2 Å². The van der Waals surface area contributed by atoms with E-state index in [1.54, 1.807) is 11.8 Å². The van der Waals surface area contributed by atoms with Crippen molar-refractivity contribution in [1.29, 1.82) is 0 Å². The Balaban J connectivity index is 1.93. The Kier molecular flexibility index (Phi) is 7.58. The van der Waals surface area contributed by atoms with Crippen LogP contribution in [0.4, 0.5) is 5.69 Å². The summed E-state index contributed by atoms with van der Waals surface area (Å²) >= 11 is 2.98. The maximum absolute atomic E-state index is 12.1. The van der Waals surface area contributed by atoms with Crippen molar-refractivity contribution in [2.75, 3.05) is 16.8 Å². The summed E-state index contributed by atoms with van der Waals surface area (Å²) in [6.45, 7) is 6.11. The lowest BCUT2D eigenvalue weighted by Gasteiger charge is -2.08. The van der Waals surface area contributed by atoms with Gasteiger partial charge in [-0.05, 0) is 49.3 Å². The van der Waals surface area contributed by atoms with Gasteiger partial charge in [0.15, 0.2) is 5.16 Å². The number of aryl methyl sites for hydroxylation is 2. The molecule has 1 aromatic heterocycles. The number of amides is 1. The molecule has 1 aromatic carbocycles. The van der Waals surface area contributed by atoms with Crippen LogP contribution in [0, 0.1) is 13.8 Å². The molecule has 1 heterocycles. The zero-order valence-electron chi connectivity index (χ0n) is 14.7. The number of H-pyrrole nitrogens is 1. The standard InChI is InChI=1S/C18H23N3O2S2/c1-4-5-24-10-15-9-16(22)21-18(20-15)25-11-17(23)19-14-7-12(2)6-13(3)8-14/h6-9H,4-5,10-11H2,1-3H3,(H,19,23)(H,20,21,22). The van der Waals surface area contributed by atoms with Gasteiger partial charge in [-0.25, -0.2) is 4.98 Å². The second-order valence-electron chi connectivity index (χ2n) is 5.81. The summed E-state index contributed by atoms with van der Waals surface area (Å²) < 4.78 is 0. The number of carbonyl (C=O) groups is 1. The summed E-state index contributed by atoms with van der Waals surface area (Å²) in [6.07, 6.45) is 1.09. The Morgan fingerprint density at radius 3 is 2.60 bits per heavy atom. The number of anilines is 1. The number of aromatic nitrogens is 2. The summed E-state index contributed by atoms with van der Waals surface area (Å²) in [4.78, 5) is 31.0. The van der Waals surface area contributed by atoms with E-state index in [9.17, 15) is 9.59 Å². The first-order valence-corrected chi connectivity index (χ1v) is 10.3. The van der Waals surface area contributed by atoms with Crippen LogP contribution in [0.3, 0.4) is 0 Å². The summed E-state index contributed by atoms with van der Waals surface area (Å²) in [5.74, 6) is 1.82. The molecule has 2 rings (SSSR count). The van der Waals surface area contributed by atoms with E-state index in [4.69, 9.17) is 0 Å². The predicted molar refractivity (Wildman–Crippen MR) is 107 cm³/mol. The van der Waals surface area contributed by atoms with Crippen molar-refractivity contribution in [2.24, 2.45) is 0 Å². The average molecular weight is 378 g/mol. The molecular weight excluding hydrogens is 354 g/mol. The minimum absolute atomic E-state index is 0.122. The van der Waals surface area contributed by atoms with Crippen molar-refractivity contribution < 1.29 is 4.79 Å². The van der Waals surface area contributed by atoms with Gasteiger partial charge < -0.3 is 10.3 Å². The Bertz CT molecular complexity index is 770. The van der Waals surface area contributed by atoms with Crippen molar-refractivity contribution in [3.63, 3.8) is 0 Å². The van der Waals surface area contributed by atoms with E-state index in [2.05, 4.69) is 28.3 Å². The Labute approximate surface area is 156 Å². The molecule has 25 heavy (non-hydrogen) atoms. The topological polar surface area (TPSA) is 74.8 Å². The second kappa shape index (κ2) is 9.68. The van der Waals surface area contributed by atoms with Gasteiger partial charge in [0.25, 0.3) is 5.56 Å². The highest BCUT2D eigenvalue weighted by Gasteiger charge is 2.08. The van der Waals surface area contributed by atoms with Crippen molar-refractivity contribution in [1.82, 2.24) is 9.97 Å². The number of thioether (sulfide) groups is 2. The van der Waals surface area contributed by atoms with Crippen molar-refractivity contribution in [3.05, 3.63) is 51.4 Å². The molecule has 0 aliphatic rings. The van der Waals surface area contributed by atoms with Crippen LogP contribution in [0.5, 0.6) is 0 Å². The zero-order chi connectivity index (χ0) is 18.2. The number of aromatic amines is 1. The highest BCUT2D eigenvalue weighted by atomic mass is 32.2. The Morgan fingerprint density at radius 2 is 1.92 bits per heavy atom. The minimum atomic E-state index is -0.181. The Morgan fingerprint density at radius 1 is 1.20 bits per heavy atom. The highest BCUT2D eigenvalue weighted by Crippen LogP contribution is 2.17. The van der Waals surface area contributed by atoms with Crippen LogP contribution in [-0.2, 0) is 10.5 Å². The van der Waals surface area contributed by atoms with E-state index in [1.807, 2.05) is 26.0 Å². The molecule has 0 spiro atoms. The fourth-order valence-corrected chi connectivity index (χ4v) is 3.81. The normalized spacial score (nSPS) is 10.7. The smallest absolute Gasteiger partial charge is 0.251 e. The number of rotatable bonds is 8. The van der Waals surface area contributed by atoms with Gasteiger partial charge in [-0.2, -0.15) is 11.8 Å². The predicted octanol–water partition coefficient (Wildman–Crippen LogP) is 3.76. The van der Waals surface area contributed by atoms with E-state index in [1.165, 1.54) is 17.8 Å². The quantitative estimate of drug-likeness (QED) is 0.416. The highest BCUT2D eigenvalue weighted by molar-refractivity contribution is 7.99. The number of hydrogen-bond acceptors (Lipinski definition) is 5. The molecule has 0 atom stereocenters. The number of carbonyl (C=O) groups excluding carboxylic acids is 1. The molecule has 0 bridgehead atoms. The van der Waals surface area contributed by atoms with Gasteiger partial charge in [0, 0.05) is 17.5 Å². The van der Waals surface area contributed by atoms with Gasteiger partial charge in [0.05, 0.1) is 11.4 Å². The first-order chi connectivity index (χ1) is 12.0. The number of benzene rings is 1. The molecule has 0 aliphatic heterocycles. The number of nitrogens with one attached hydrogen (secondary N) is 2. The first kappa shape index (κ1) is 19.6. The third kappa shape index (κ3) is 6.96. The van der Waals surface area contributed by atoms with Crippen molar-refractivity contribution in [2.45, 2.75) is 38.1 Å². The van der Waals surface area contributed by atoms with E-state index < -0.39 is 0 Å². The molecule has 7 heteroatoms. The number of nitrogens with zero attached hydrogens (tertiary/aromatic N) is 1. The monoisotopic (exact) mass is 377 g/mol. The molecule has 2 N–H and O–H groups in total. The van der Waals surface area contributed by atoms with Crippen LogP contribution in [0.15, 0.2) is 34.2 Å². The van der Waals surface area contributed by atoms with Gasteiger partial charge in [0.2, 0.25) is 5.91 Å². The fourth-order valence-electron chi connectivity index (χ4n) is 2.32. The van der Waals surface area contributed by atoms with Crippen molar-refractivity contribution >= 4 is 35.1 Å². The van der Waals surface area contributed by atoms with Gasteiger partial charge in [-0.15, -0.1) is 0 Å². The molecule has 134 valence electrons. The molecule has 0 saturated heterocycles. The average Bonchev–Trinajstić information content (AvgIpc) is 2.52. The summed E-state index contributed by atoms with van der Waals surface area (Å²) in [5, 5.41) is 3.36. The van der Waals surface area contributed by atoms with Gasteiger partial charge in [-0.3, -0.25) is 9.59 Å². The molecule has 5 nitrogen and oxygen atoms in total. The van der Waals surface area contributed by atoms with Crippen LogP contribution in [0.25, 0.3) is 0 Å². The molecular formula is C18H23N3O2S2. The van der Waals surface area contributed by atoms with E-state index >= 15 is 0 Å².